The van der Waals surface area contributed by atoms with Crippen LogP contribution in [0.5, 0.6) is 0 Å². The van der Waals surface area contributed by atoms with Crippen LogP contribution in [-0.2, 0) is 6.54 Å². The van der Waals surface area contributed by atoms with Crippen molar-refractivity contribution in [2.45, 2.75) is 39.3 Å². The third-order valence-electron chi connectivity index (χ3n) is 3.44. The smallest absolute Gasteiger partial charge is 0.0784 e. The van der Waals surface area contributed by atoms with Crippen molar-refractivity contribution in [2.75, 3.05) is 0 Å². The van der Waals surface area contributed by atoms with Crippen LogP contribution in [0, 0.1) is 13.8 Å². The lowest BCUT2D eigenvalue weighted by atomic mass is 10.1. The molecule has 1 aliphatic rings. The summed E-state index contributed by atoms with van der Waals surface area (Å²) in [7, 11) is 0. The zero-order chi connectivity index (χ0) is 13.4. The minimum absolute atomic E-state index is 0.690. The average Bonchev–Trinajstić information content (AvgIpc) is 3.06. The number of halogens is 1. The van der Waals surface area contributed by atoms with Gasteiger partial charge >= 0.3 is 0 Å². The van der Waals surface area contributed by atoms with Gasteiger partial charge in [-0.15, -0.1) is 5.10 Å². The molecule has 1 fully saturated rings. The summed E-state index contributed by atoms with van der Waals surface area (Å²) < 4.78 is 3.05. The van der Waals surface area contributed by atoms with E-state index in [9.17, 15) is 0 Å². The maximum absolute atomic E-state index is 4.25. The van der Waals surface area contributed by atoms with Gasteiger partial charge in [-0.2, -0.15) is 0 Å². The van der Waals surface area contributed by atoms with Gasteiger partial charge in [0.2, 0.25) is 0 Å². The van der Waals surface area contributed by atoms with Gasteiger partial charge in [0.25, 0.3) is 0 Å². The normalized spacial score (nSPS) is 14.9. The van der Waals surface area contributed by atoms with E-state index in [0.29, 0.717) is 6.04 Å². The van der Waals surface area contributed by atoms with Crippen molar-refractivity contribution in [3.05, 3.63) is 39.6 Å². The van der Waals surface area contributed by atoms with E-state index in [0.717, 1.165) is 22.4 Å². The highest BCUT2D eigenvalue weighted by Crippen LogP contribution is 2.25. The molecular formula is C14H17BrN4. The van der Waals surface area contributed by atoms with E-state index in [1.54, 1.807) is 0 Å². The Labute approximate surface area is 121 Å². The summed E-state index contributed by atoms with van der Waals surface area (Å²) >= 11 is 3.53. The van der Waals surface area contributed by atoms with Gasteiger partial charge in [-0.05, 0) is 49.9 Å². The number of aryl methyl sites for hydroxylation is 2. The molecule has 1 saturated carbocycles. The van der Waals surface area contributed by atoms with E-state index < -0.39 is 0 Å². The summed E-state index contributed by atoms with van der Waals surface area (Å²) in [6, 6.07) is 4.92. The van der Waals surface area contributed by atoms with E-state index in [2.05, 4.69) is 57.5 Å². The number of benzene rings is 1. The molecule has 0 amide bonds. The highest BCUT2D eigenvalue weighted by Gasteiger charge is 2.21. The van der Waals surface area contributed by atoms with Gasteiger partial charge in [0.15, 0.2) is 0 Å². The van der Waals surface area contributed by atoms with Crippen LogP contribution in [0.3, 0.4) is 0 Å². The number of nitrogens with one attached hydrogen (secondary N) is 1. The standard InChI is InChI=1S/C14H17BrN4/c1-9-5-11(15)6-10(2)14(9)19-13(8-17-18-19)7-16-12-3-4-12/h5-6,8,12,16H,3-4,7H2,1-2H3. The largest absolute Gasteiger partial charge is 0.308 e. The summed E-state index contributed by atoms with van der Waals surface area (Å²) in [5, 5.41) is 11.8. The van der Waals surface area contributed by atoms with Crippen molar-refractivity contribution < 1.29 is 0 Å². The Hall–Kier alpha value is -1.20. The molecule has 0 atom stereocenters. The van der Waals surface area contributed by atoms with Crippen molar-refractivity contribution in [3.63, 3.8) is 0 Å². The first-order valence-corrected chi connectivity index (χ1v) is 7.34. The molecule has 0 aliphatic heterocycles. The number of hydrogen-bond donors (Lipinski definition) is 1. The first-order valence-electron chi connectivity index (χ1n) is 6.55. The van der Waals surface area contributed by atoms with Crippen LogP contribution < -0.4 is 5.32 Å². The van der Waals surface area contributed by atoms with E-state index in [4.69, 9.17) is 0 Å². The van der Waals surface area contributed by atoms with Gasteiger partial charge in [-0.3, -0.25) is 0 Å². The summed E-state index contributed by atoms with van der Waals surface area (Å²) in [4.78, 5) is 0. The van der Waals surface area contributed by atoms with Crippen LogP contribution in [0.25, 0.3) is 5.69 Å². The molecule has 100 valence electrons. The number of rotatable bonds is 4. The third-order valence-corrected chi connectivity index (χ3v) is 3.89. The molecule has 1 aromatic heterocycles. The van der Waals surface area contributed by atoms with Crippen LogP contribution in [0.4, 0.5) is 0 Å². The second-order valence-electron chi connectivity index (χ2n) is 5.18. The lowest BCUT2D eigenvalue weighted by molar-refractivity contribution is 0.645. The zero-order valence-corrected chi connectivity index (χ0v) is 12.7. The Morgan fingerprint density at radius 1 is 1.32 bits per heavy atom. The molecule has 1 aromatic carbocycles. The van der Waals surface area contributed by atoms with Crippen LogP contribution in [0.1, 0.15) is 29.7 Å². The van der Waals surface area contributed by atoms with Crippen molar-refractivity contribution >= 4 is 15.9 Å². The molecule has 19 heavy (non-hydrogen) atoms. The van der Waals surface area contributed by atoms with Crippen LogP contribution >= 0.6 is 15.9 Å². The first-order chi connectivity index (χ1) is 9.15. The second-order valence-corrected chi connectivity index (χ2v) is 6.10. The SMILES string of the molecule is Cc1cc(Br)cc(C)c1-n1nncc1CNC1CC1. The van der Waals surface area contributed by atoms with Gasteiger partial charge in [0, 0.05) is 17.1 Å². The lowest BCUT2D eigenvalue weighted by Crippen LogP contribution is -2.18. The molecule has 3 rings (SSSR count). The predicted molar refractivity (Wildman–Crippen MR) is 78.4 cm³/mol. The highest BCUT2D eigenvalue weighted by atomic mass is 79.9. The van der Waals surface area contributed by atoms with E-state index in [1.165, 1.54) is 24.0 Å². The summed E-state index contributed by atoms with van der Waals surface area (Å²) in [5.74, 6) is 0. The Kier molecular flexibility index (Phi) is 3.41. The number of aromatic nitrogens is 3. The van der Waals surface area contributed by atoms with Crippen molar-refractivity contribution in [1.29, 1.82) is 0 Å². The van der Waals surface area contributed by atoms with E-state index in [-0.39, 0.29) is 0 Å². The van der Waals surface area contributed by atoms with E-state index in [1.807, 2.05) is 10.9 Å². The van der Waals surface area contributed by atoms with Crippen molar-refractivity contribution in [1.82, 2.24) is 20.3 Å². The number of hydrogen-bond acceptors (Lipinski definition) is 3. The molecule has 0 radical (unpaired) electrons. The zero-order valence-electron chi connectivity index (χ0n) is 11.2. The Morgan fingerprint density at radius 3 is 2.63 bits per heavy atom. The molecule has 1 aliphatic carbocycles. The monoisotopic (exact) mass is 320 g/mol. The first kappa shape index (κ1) is 12.8. The predicted octanol–water partition coefficient (Wildman–Crippen LogP) is 2.90. The number of nitrogens with zero attached hydrogens (tertiary/aromatic N) is 3. The van der Waals surface area contributed by atoms with Crippen molar-refractivity contribution in [3.8, 4) is 5.69 Å². The van der Waals surface area contributed by atoms with Crippen LogP contribution in [0.2, 0.25) is 0 Å². The van der Waals surface area contributed by atoms with Crippen LogP contribution in [0.15, 0.2) is 22.8 Å². The maximum Gasteiger partial charge on any atom is 0.0784 e. The topological polar surface area (TPSA) is 42.7 Å². The van der Waals surface area contributed by atoms with Gasteiger partial charge in [0.1, 0.15) is 0 Å². The molecule has 0 spiro atoms. The molecule has 1 heterocycles. The lowest BCUT2D eigenvalue weighted by Gasteiger charge is -2.13. The van der Waals surface area contributed by atoms with Crippen LogP contribution in [-0.4, -0.2) is 21.0 Å². The quantitative estimate of drug-likeness (QED) is 0.941. The third kappa shape index (κ3) is 2.72. The molecule has 0 saturated heterocycles. The Bertz CT molecular complexity index is 578. The fraction of sp³-hybridized carbons (Fsp3) is 0.429. The van der Waals surface area contributed by atoms with Crippen molar-refractivity contribution in [2.24, 2.45) is 0 Å². The van der Waals surface area contributed by atoms with Gasteiger partial charge in [-0.1, -0.05) is 21.1 Å². The molecule has 4 nitrogen and oxygen atoms in total. The molecule has 5 heteroatoms. The van der Waals surface area contributed by atoms with Gasteiger partial charge < -0.3 is 5.32 Å². The summed E-state index contributed by atoms with van der Waals surface area (Å²) in [5.41, 5.74) is 4.64. The Balaban J connectivity index is 1.95. The fourth-order valence-corrected chi connectivity index (χ4v) is 3.03. The summed E-state index contributed by atoms with van der Waals surface area (Å²) in [6.07, 6.45) is 4.42. The minimum atomic E-state index is 0.690. The second kappa shape index (κ2) is 5.06. The average molecular weight is 321 g/mol. The molecule has 0 bridgehead atoms. The van der Waals surface area contributed by atoms with Gasteiger partial charge in [0.05, 0.1) is 17.6 Å². The maximum atomic E-state index is 4.25. The summed E-state index contributed by atoms with van der Waals surface area (Å²) in [6.45, 7) is 5.03. The molecule has 1 N–H and O–H groups in total. The van der Waals surface area contributed by atoms with Gasteiger partial charge in [-0.25, -0.2) is 4.68 Å². The molecular weight excluding hydrogens is 304 g/mol. The minimum Gasteiger partial charge on any atom is -0.308 e. The fourth-order valence-electron chi connectivity index (χ4n) is 2.34. The highest BCUT2D eigenvalue weighted by molar-refractivity contribution is 9.10. The molecule has 0 unspecified atom stereocenters. The van der Waals surface area contributed by atoms with E-state index >= 15 is 0 Å². The molecule has 2 aromatic rings. The Morgan fingerprint density at radius 2 is 2.00 bits per heavy atom.